The van der Waals surface area contributed by atoms with Crippen LogP contribution in [0.3, 0.4) is 0 Å². The molecule has 0 aromatic heterocycles. The Morgan fingerprint density at radius 3 is 1.39 bits per heavy atom. The van der Waals surface area contributed by atoms with Crippen LogP contribution in [-0.4, -0.2) is 80.6 Å². The summed E-state index contributed by atoms with van der Waals surface area (Å²) in [7, 11) is 5.53. The minimum absolute atomic E-state index is 0.0521. The Hall–Kier alpha value is -2.19. The number of carboxylic acids is 1. The van der Waals surface area contributed by atoms with Crippen LogP contribution in [0.4, 0.5) is 0 Å². The fourth-order valence-corrected chi connectivity index (χ4v) is 7.12. The minimum Gasteiger partial charge on any atom is -0.477 e. The van der Waals surface area contributed by atoms with Crippen molar-refractivity contribution in [1.29, 1.82) is 0 Å². The number of esters is 2. The lowest BCUT2D eigenvalue weighted by molar-refractivity contribution is -0.887. The summed E-state index contributed by atoms with van der Waals surface area (Å²) in [6.07, 6.45) is 45.0. The first kappa shape index (κ1) is 54.8. The van der Waals surface area contributed by atoms with Gasteiger partial charge in [-0.15, -0.1) is 0 Å². The van der Waals surface area contributed by atoms with Crippen LogP contribution in [0.15, 0.2) is 24.3 Å². The quantitative estimate of drug-likeness (QED) is 0.0283. The summed E-state index contributed by atoms with van der Waals surface area (Å²) in [6.45, 7) is 4.72. The van der Waals surface area contributed by atoms with E-state index in [2.05, 4.69) is 38.2 Å². The molecule has 334 valence electrons. The van der Waals surface area contributed by atoms with Crippen molar-refractivity contribution in [3.8, 4) is 0 Å². The Kier molecular flexibility index (Phi) is 39.0. The smallest absolute Gasteiger partial charge is 0.362 e. The van der Waals surface area contributed by atoms with Gasteiger partial charge in [-0.3, -0.25) is 9.59 Å². The molecular weight excluding hydrogens is 715 g/mol. The lowest BCUT2D eigenvalue weighted by Gasteiger charge is -2.31. The third-order valence-electron chi connectivity index (χ3n) is 10.9. The van der Waals surface area contributed by atoms with Crippen LogP contribution in [0.25, 0.3) is 0 Å². The molecule has 2 unspecified atom stereocenters. The second-order valence-electron chi connectivity index (χ2n) is 17.4. The molecule has 0 aromatic carbocycles. The number of carbonyl (C=O) groups excluding carboxylic acids is 2. The zero-order valence-electron chi connectivity index (χ0n) is 38.1. The molecule has 0 aromatic rings. The predicted octanol–water partition coefficient (Wildman–Crippen LogP) is 13.3. The van der Waals surface area contributed by atoms with Gasteiger partial charge in [0.1, 0.15) is 6.61 Å². The number of quaternary nitrogens is 1. The van der Waals surface area contributed by atoms with Crippen LogP contribution in [-0.2, 0) is 28.6 Å². The van der Waals surface area contributed by atoms with Gasteiger partial charge in [0.2, 0.25) is 0 Å². The number of hydrogen-bond acceptors (Lipinski definition) is 6. The topological polar surface area (TPSA) is 99.1 Å². The predicted molar refractivity (Wildman–Crippen MR) is 238 cm³/mol. The number of carboxylic acid groups (broad SMARTS) is 1. The number of ether oxygens (including phenoxy) is 3. The fraction of sp³-hybridized carbons (Fsp3) is 0.857. The highest BCUT2D eigenvalue weighted by Crippen LogP contribution is 2.16. The number of aliphatic carboxylic acids is 1. The maximum atomic E-state index is 12.7. The molecule has 57 heavy (non-hydrogen) atoms. The van der Waals surface area contributed by atoms with Crippen LogP contribution in [0.2, 0.25) is 0 Å². The molecule has 2 atom stereocenters. The number of unbranched alkanes of at least 4 members (excludes halogenated alkanes) is 25. The lowest BCUT2D eigenvalue weighted by atomic mass is 10.0. The molecular formula is C49H92NO7+. The summed E-state index contributed by atoms with van der Waals surface area (Å²) in [5.74, 6) is -1.47. The number of carbonyl (C=O) groups is 3. The Bertz CT molecular complexity index is 989. The van der Waals surface area contributed by atoms with Gasteiger partial charge in [-0.1, -0.05) is 179 Å². The normalized spacial score (nSPS) is 13.1. The second kappa shape index (κ2) is 40.6. The number of rotatable bonds is 43. The van der Waals surface area contributed by atoms with Gasteiger partial charge in [0.15, 0.2) is 12.1 Å². The van der Waals surface area contributed by atoms with Crippen LogP contribution < -0.4 is 0 Å². The molecule has 0 rings (SSSR count). The highest BCUT2D eigenvalue weighted by atomic mass is 16.6. The first-order valence-corrected chi connectivity index (χ1v) is 23.9. The van der Waals surface area contributed by atoms with E-state index in [-0.39, 0.29) is 36.2 Å². The monoisotopic (exact) mass is 807 g/mol. The lowest BCUT2D eigenvalue weighted by Crippen LogP contribution is -2.50. The number of hydrogen-bond donors (Lipinski definition) is 1. The maximum Gasteiger partial charge on any atom is 0.362 e. The van der Waals surface area contributed by atoms with E-state index in [4.69, 9.17) is 14.2 Å². The van der Waals surface area contributed by atoms with Crippen LogP contribution in [0, 0.1) is 0 Å². The van der Waals surface area contributed by atoms with Crippen molar-refractivity contribution in [3.63, 3.8) is 0 Å². The first-order chi connectivity index (χ1) is 27.6. The highest BCUT2D eigenvalue weighted by Gasteiger charge is 2.31. The molecule has 0 saturated carbocycles. The van der Waals surface area contributed by atoms with Crippen molar-refractivity contribution in [2.45, 2.75) is 231 Å². The van der Waals surface area contributed by atoms with E-state index in [0.29, 0.717) is 19.3 Å². The molecule has 0 spiro atoms. The molecule has 0 radical (unpaired) electrons. The first-order valence-electron chi connectivity index (χ1n) is 23.9. The number of likely N-dealkylation sites (N-methyl/N-ethyl adjacent to an activating group) is 1. The third-order valence-corrected chi connectivity index (χ3v) is 10.9. The second-order valence-corrected chi connectivity index (χ2v) is 17.4. The van der Waals surface area contributed by atoms with Crippen molar-refractivity contribution in [1.82, 2.24) is 0 Å². The number of allylic oxidation sites excluding steroid dienone is 4. The van der Waals surface area contributed by atoms with E-state index in [1.165, 1.54) is 122 Å². The minimum atomic E-state index is -0.875. The summed E-state index contributed by atoms with van der Waals surface area (Å²) < 4.78 is 17.3. The third kappa shape index (κ3) is 39.1. The van der Waals surface area contributed by atoms with Gasteiger partial charge in [-0.25, -0.2) is 4.79 Å². The summed E-state index contributed by atoms with van der Waals surface area (Å²) in [6, 6.07) is -0.614. The van der Waals surface area contributed by atoms with E-state index in [1.807, 2.05) is 21.1 Å². The maximum absolute atomic E-state index is 12.7. The zero-order valence-corrected chi connectivity index (χ0v) is 38.1. The van der Waals surface area contributed by atoms with E-state index in [1.54, 1.807) is 0 Å². The van der Waals surface area contributed by atoms with Crippen molar-refractivity contribution >= 4 is 17.9 Å². The van der Waals surface area contributed by atoms with Gasteiger partial charge < -0.3 is 23.8 Å². The van der Waals surface area contributed by atoms with Crippen LogP contribution >= 0.6 is 0 Å². The van der Waals surface area contributed by atoms with Gasteiger partial charge in [-0.2, -0.15) is 0 Å². The van der Waals surface area contributed by atoms with E-state index >= 15 is 0 Å². The molecule has 8 heteroatoms. The molecule has 0 saturated heterocycles. The Balaban J connectivity index is 4.28. The largest absolute Gasteiger partial charge is 0.477 e. The Labute approximate surface area is 351 Å². The van der Waals surface area contributed by atoms with E-state index in [9.17, 15) is 19.5 Å². The SMILES string of the molecule is CCCCC/C=C\C/C=C\CCCCCCCC(=O)OC(COCCC(C(=O)O)[N+](C)(C)C)COC(=O)CCCCCCCCCCCCCCCCCCCC. The average molecular weight is 807 g/mol. The molecule has 0 fully saturated rings. The molecule has 0 aliphatic rings. The number of nitrogens with zero attached hydrogens (tertiary/aromatic N) is 1. The molecule has 0 amide bonds. The Morgan fingerprint density at radius 1 is 0.526 bits per heavy atom. The summed E-state index contributed by atoms with van der Waals surface area (Å²) >= 11 is 0. The molecule has 8 nitrogen and oxygen atoms in total. The van der Waals surface area contributed by atoms with Gasteiger partial charge in [0.05, 0.1) is 34.4 Å². The van der Waals surface area contributed by atoms with Gasteiger partial charge in [-0.05, 0) is 44.9 Å². The molecule has 0 aliphatic heterocycles. The van der Waals surface area contributed by atoms with Gasteiger partial charge in [0, 0.05) is 19.3 Å². The fourth-order valence-electron chi connectivity index (χ4n) is 7.12. The van der Waals surface area contributed by atoms with Gasteiger partial charge >= 0.3 is 17.9 Å². The Morgan fingerprint density at radius 2 is 0.930 bits per heavy atom. The van der Waals surface area contributed by atoms with E-state index < -0.39 is 18.1 Å². The average Bonchev–Trinajstić information content (AvgIpc) is 3.17. The van der Waals surface area contributed by atoms with E-state index in [0.717, 1.165) is 64.2 Å². The van der Waals surface area contributed by atoms with Crippen molar-refractivity contribution < 1.29 is 38.2 Å². The zero-order chi connectivity index (χ0) is 42.1. The van der Waals surface area contributed by atoms with Crippen molar-refractivity contribution in [2.24, 2.45) is 0 Å². The van der Waals surface area contributed by atoms with Crippen LogP contribution in [0.5, 0.6) is 0 Å². The highest BCUT2D eigenvalue weighted by molar-refractivity contribution is 5.72. The molecule has 0 aliphatic carbocycles. The molecule has 1 N–H and O–H groups in total. The van der Waals surface area contributed by atoms with Gasteiger partial charge in [0.25, 0.3) is 0 Å². The van der Waals surface area contributed by atoms with Crippen LogP contribution in [0.1, 0.15) is 219 Å². The standard InChI is InChI=1S/C49H91NO7/c1-6-8-10-12-14-16-18-20-22-23-24-26-27-29-31-33-35-37-39-47(51)56-44-45(43-55-42-41-46(49(53)54)50(3,4)5)57-48(52)40-38-36-34-32-30-28-25-21-19-17-15-13-11-9-7-2/h15,17,21,25,45-46H,6-14,16,18-20,22-24,26-44H2,1-5H3/p+1/b17-15-,25-21-. The summed E-state index contributed by atoms with van der Waals surface area (Å²) in [5, 5.41) is 9.63. The molecule has 0 bridgehead atoms. The van der Waals surface area contributed by atoms with Crippen molar-refractivity contribution in [3.05, 3.63) is 24.3 Å². The summed E-state index contributed by atoms with van der Waals surface area (Å²) in [5.41, 5.74) is 0. The van der Waals surface area contributed by atoms with Crippen molar-refractivity contribution in [2.75, 3.05) is 41.0 Å². The molecule has 0 heterocycles. The summed E-state index contributed by atoms with van der Waals surface area (Å²) in [4.78, 5) is 37.0.